The van der Waals surface area contributed by atoms with Crippen LogP contribution >= 0.6 is 11.6 Å². The van der Waals surface area contributed by atoms with Gasteiger partial charge >= 0.3 is 5.69 Å². The molecule has 0 bridgehead atoms. The van der Waals surface area contributed by atoms with Gasteiger partial charge in [-0.1, -0.05) is 35.9 Å². The predicted octanol–water partition coefficient (Wildman–Crippen LogP) is 4.54. The first-order valence-electron chi connectivity index (χ1n) is 6.20. The van der Waals surface area contributed by atoms with Crippen LogP contribution in [-0.2, 0) is 0 Å². The highest BCUT2D eigenvalue weighted by molar-refractivity contribution is 6.33. The first-order chi connectivity index (χ1) is 10.2. The largest absolute Gasteiger partial charge is 0.348 e. The maximum atomic E-state index is 11.2. The number of nitro groups is 1. The zero-order chi connectivity index (χ0) is 14.8. The smallest absolute Gasteiger partial charge is 0.311 e. The van der Waals surface area contributed by atoms with Crippen LogP contribution in [0, 0.1) is 10.1 Å². The number of halogens is 1. The van der Waals surface area contributed by atoms with Gasteiger partial charge in [0.25, 0.3) is 0 Å². The molecule has 3 rings (SSSR count). The molecule has 3 aromatic rings. The van der Waals surface area contributed by atoms with Crippen LogP contribution in [0.15, 0.2) is 54.7 Å². The fourth-order valence-corrected chi connectivity index (χ4v) is 2.40. The van der Waals surface area contributed by atoms with Crippen LogP contribution in [0.25, 0.3) is 10.9 Å². The molecular weight excluding hydrogens is 290 g/mol. The molecule has 0 fully saturated rings. The van der Waals surface area contributed by atoms with Crippen molar-refractivity contribution in [1.29, 1.82) is 0 Å². The Morgan fingerprint density at radius 3 is 2.57 bits per heavy atom. The number of para-hydroxylation sites is 2. The van der Waals surface area contributed by atoms with E-state index in [2.05, 4.69) is 10.3 Å². The van der Waals surface area contributed by atoms with E-state index in [1.54, 1.807) is 18.3 Å². The van der Waals surface area contributed by atoms with Crippen LogP contribution in [0.4, 0.5) is 17.1 Å². The van der Waals surface area contributed by atoms with E-state index >= 15 is 0 Å². The van der Waals surface area contributed by atoms with Gasteiger partial charge in [-0.25, -0.2) is 0 Å². The van der Waals surface area contributed by atoms with Crippen molar-refractivity contribution in [2.24, 2.45) is 0 Å². The van der Waals surface area contributed by atoms with E-state index in [-0.39, 0.29) is 10.7 Å². The number of fused-ring (bicyclic) bond motifs is 1. The highest BCUT2D eigenvalue weighted by Crippen LogP contribution is 2.35. The first kappa shape index (κ1) is 13.3. The summed E-state index contributed by atoms with van der Waals surface area (Å²) in [7, 11) is 0. The van der Waals surface area contributed by atoms with Gasteiger partial charge in [0.2, 0.25) is 0 Å². The Morgan fingerprint density at radius 2 is 1.76 bits per heavy atom. The van der Waals surface area contributed by atoms with Crippen molar-refractivity contribution < 1.29 is 4.92 Å². The van der Waals surface area contributed by atoms with Gasteiger partial charge in [0.1, 0.15) is 10.7 Å². The minimum atomic E-state index is -0.497. The molecule has 2 aromatic carbocycles. The van der Waals surface area contributed by atoms with Crippen LogP contribution in [0.3, 0.4) is 0 Å². The van der Waals surface area contributed by atoms with Crippen LogP contribution < -0.4 is 5.32 Å². The average Bonchev–Trinajstić information content (AvgIpc) is 2.47. The standard InChI is InChI=1S/C15H10ClN3O2/c16-11-6-2-8-13(15(11)19(20)21)18-12-7-1-4-10-5-3-9-17-14(10)12/h1-9,18H. The maximum absolute atomic E-state index is 11.2. The first-order valence-corrected chi connectivity index (χ1v) is 6.58. The Balaban J connectivity index is 2.12. The van der Waals surface area contributed by atoms with Gasteiger partial charge in [0.15, 0.2) is 0 Å². The second-order valence-electron chi connectivity index (χ2n) is 4.40. The molecule has 0 amide bonds. The Morgan fingerprint density at radius 1 is 1.05 bits per heavy atom. The van der Waals surface area contributed by atoms with E-state index in [4.69, 9.17) is 11.6 Å². The number of pyridine rings is 1. The van der Waals surface area contributed by atoms with Crippen molar-refractivity contribution in [2.75, 3.05) is 5.32 Å². The lowest BCUT2D eigenvalue weighted by Gasteiger charge is -2.10. The molecule has 6 heteroatoms. The third-order valence-corrected chi connectivity index (χ3v) is 3.38. The van der Waals surface area contributed by atoms with Crippen molar-refractivity contribution >= 4 is 39.6 Å². The van der Waals surface area contributed by atoms with Gasteiger partial charge in [0.05, 0.1) is 16.1 Å². The molecule has 0 aliphatic rings. The molecule has 0 unspecified atom stereocenters. The second kappa shape index (κ2) is 5.38. The number of anilines is 2. The summed E-state index contributed by atoms with van der Waals surface area (Å²) in [5.74, 6) is 0. The summed E-state index contributed by atoms with van der Waals surface area (Å²) in [4.78, 5) is 15.0. The van der Waals surface area contributed by atoms with Gasteiger partial charge in [-0.15, -0.1) is 0 Å². The van der Waals surface area contributed by atoms with Crippen molar-refractivity contribution in [2.45, 2.75) is 0 Å². The highest BCUT2D eigenvalue weighted by Gasteiger charge is 2.18. The SMILES string of the molecule is O=[N+]([O-])c1c(Cl)cccc1Nc1cccc2cccnc12. The summed E-state index contributed by atoms with van der Waals surface area (Å²) in [6.45, 7) is 0. The number of aromatic nitrogens is 1. The van der Waals surface area contributed by atoms with E-state index in [0.717, 1.165) is 10.9 Å². The average molecular weight is 300 g/mol. The number of hydrogen-bond acceptors (Lipinski definition) is 4. The molecule has 1 aromatic heterocycles. The van der Waals surface area contributed by atoms with Crippen LogP contribution in [0.1, 0.15) is 0 Å². The molecule has 0 atom stereocenters. The fraction of sp³-hybridized carbons (Fsp3) is 0. The molecule has 0 spiro atoms. The number of nitrogens with zero attached hydrogens (tertiary/aromatic N) is 2. The van der Waals surface area contributed by atoms with Crippen LogP contribution in [0.5, 0.6) is 0 Å². The number of benzene rings is 2. The Hall–Kier alpha value is -2.66. The minimum absolute atomic E-state index is 0.0956. The van der Waals surface area contributed by atoms with E-state index in [9.17, 15) is 10.1 Å². The van der Waals surface area contributed by atoms with Gasteiger partial charge < -0.3 is 5.32 Å². The maximum Gasteiger partial charge on any atom is 0.311 e. The zero-order valence-corrected chi connectivity index (χ0v) is 11.5. The lowest BCUT2D eigenvalue weighted by atomic mass is 10.2. The van der Waals surface area contributed by atoms with Crippen molar-refractivity contribution in [3.63, 3.8) is 0 Å². The Labute approximate surface area is 125 Å². The minimum Gasteiger partial charge on any atom is -0.348 e. The van der Waals surface area contributed by atoms with Crippen molar-refractivity contribution in [3.05, 3.63) is 69.9 Å². The number of hydrogen-bond donors (Lipinski definition) is 1. The molecule has 0 saturated carbocycles. The Kier molecular flexibility index (Phi) is 3.41. The molecule has 1 N–H and O–H groups in total. The van der Waals surface area contributed by atoms with Crippen molar-refractivity contribution in [1.82, 2.24) is 4.98 Å². The summed E-state index contributed by atoms with van der Waals surface area (Å²) in [5.41, 5.74) is 1.63. The summed E-state index contributed by atoms with van der Waals surface area (Å²) >= 11 is 5.91. The molecule has 0 aliphatic heterocycles. The molecule has 0 radical (unpaired) electrons. The highest BCUT2D eigenvalue weighted by atomic mass is 35.5. The van der Waals surface area contributed by atoms with E-state index in [0.29, 0.717) is 11.4 Å². The molecule has 21 heavy (non-hydrogen) atoms. The number of nitrogens with one attached hydrogen (secondary N) is 1. The lowest BCUT2D eigenvalue weighted by molar-refractivity contribution is -0.383. The Bertz CT molecular complexity index is 831. The molecule has 5 nitrogen and oxygen atoms in total. The van der Waals surface area contributed by atoms with E-state index in [1.807, 2.05) is 30.3 Å². The van der Waals surface area contributed by atoms with E-state index in [1.165, 1.54) is 6.07 Å². The normalized spacial score (nSPS) is 10.5. The number of nitro benzene ring substituents is 1. The van der Waals surface area contributed by atoms with Crippen LogP contribution in [-0.4, -0.2) is 9.91 Å². The van der Waals surface area contributed by atoms with Gasteiger partial charge in [0, 0.05) is 11.6 Å². The summed E-state index contributed by atoms with van der Waals surface area (Å²) in [6, 6.07) is 14.2. The molecule has 0 saturated heterocycles. The van der Waals surface area contributed by atoms with Gasteiger partial charge in [-0.05, 0) is 24.3 Å². The molecule has 104 valence electrons. The summed E-state index contributed by atoms with van der Waals surface area (Å²) < 4.78 is 0. The number of rotatable bonds is 3. The topological polar surface area (TPSA) is 68.1 Å². The van der Waals surface area contributed by atoms with Crippen LogP contribution in [0.2, 0.25) is 5.02 Å². The quantitative estimate of drug-likeness (QED) is 0.569. The third kappa shape index (κ3) is 2.51. The molecule has 0 aliphatic carbocycles. The summed E-state index contributed by atoms with van der Waals surface area (Å²) in [6.07, 6.45) is 1.68. The third-order valence-electron chi connectivity index (χ3n) is 3.07. The van der Waals surface area contributed by atoms with E-state index < -0.39 is 4.92 Å². The molecular formula is C15H10ClN3O2. The monoisotopic (exact) mass is 299 g/mol. The van der Waals surface area contributed by atoms with Gasteiger partial charge in [-0.2, -0.15) is 0 Å². The fourth-order valence-electron chi connectivity index (χ4n) is 2.15. The summed E-state index contributed by atoms with van der Waals surface area (Å²) in [5, 5.41) is 15.3. The lowest BCUT2D eigenvalue weighted by Crippen LogP contribution is -1.98. The molecule has 1 heterocycles. The van der Waals surface area contributed by atoms with Gasteiger partial charge in [-0.3, -0.25) is 15.1 Å². The second-order valence-corrected chi connectivity index (χ2v) is 4.81. The predicted molar refractivity (Wildman–Crippen MR) is 83.1 cm³/mol. The van der Waals surface area contributed by atoms with Crippen molar-refractivity contribution in [3.8, 4) is 0 Å². The zero-order valence-electron chi connectivity index (χ0n) is 10.8.